The van der Waals surface area contributed by atoms with E-state index in [1.54, 1.807) is 0 Å². The lowest BCUT2D eigenvalue weighted by molar-refractivity contribution is 0.0509. The molecule has 88 valence electrons. The maximum atomic E-state index is 11.4. The normalized spacial score (nSPS) is 18.8. The molecule has 1 amide bonds. The van der Waals surface area contributed by atoms with E-state index < -0.39 is 5.60 Å². The maximum Gasteiger partial charge on any atom is 0.407 e. The van der Waals surface area contributed by atoms with Crippen LogP contribution in [0.5, 0.6) is 0 Å². The van der Waals surface area contributed by atoms with Crippen LogP contribution in [0.3, 0.4) is 0 Å². The van der Waals surface area contributed by atoms with Crippen LogP contribution in [0.25, 0.3) is 0 Å². The molecule has 0 atom stereocenters. The molecule has 0 saturated heterocycles. The van der Waals surface area contributed by atoms with Crippen molar-refractivity contribution in [2.45, 2.75) is 44.8 Å². The second-order valence-electron chi connectivity index (χ2n) is 5.47. The Balaban J connectivity index is 2.29. The van der Waals surface area contributed by atoms with Gasteiger partial charge in [-0.2, -0.15) is 0 Å². The molecule has 1 aliphatic carbocycles. The number of alkyl carbamates (subject to hydrolysis) is 1. The van der Waals surface area contributed by atoms with Crippen molar-refractivity contribution in [3.05, 3.63) is 0 Å². The van der Waals surface area contributed by atoms with E-state index in [4.69, 9.17) is 4.74 Å². The van der Waals surface area contributed by atoms with E-state index in [-0.39, 0.29) is 11.6 Å². The number of nitrogens with zero attached hydrogens (tertiary/aromatic N) is 1. The molecule has 0 aromatic heterocycles. The molecule has 1 N–H and O–H groups in total. The van der Waals surface area contributed by atoms with Crippen LogP contribution in [0.4, 0.5) is 4.79 Å². The first-order valence-electron chi connectivity index (χ1n) is 5.39. The molecule has 1 fully saturated rings. The van der Waals surface area contributed by atoms with Gasteiger partial charge in [0.15, 0.2) is 0 Å². The van der Waals surface area contributed by atoms with Gasteiger partial charge < -0.3 is 15.0 Å². The highest BCUT2D eigenvalue weighted by molar-refractivity contribution is 5.67. The molecule has 1 saturated carbocycles. The molecule has 4 heteroatoms. The number of nitrogens with one attached hydrogen (secondary N) is 1. The summed E-state index contributed by atoms with van der Waals surface area (Å²) in [7, 11) is 4.09. The molecule has 0 aromatic carbocycles. The fourth-order valence-electron chi connectivity index (χ4n) is 1.48. The molecule has 1 aliphatic rings. The number of hydrogen-bond acceptors (Lipinski definition) is 3. The minimum Gasteiger partial charge on any atom is -0.444 e. The van der Waals surface area contributed by atoms with Crippen LogP contribution in [-0.2, 0) is 4.74 Å². The van der Waals surface area contributed by atoms with Gasteiger partial charge in [-0.3, -0.25) is 0 Å². The highest BCUT2D eigenvalue weighted by Gasteiger charge is 2.45. The summed E-state index contributed by atoms with van der Waals surface area (Å²) >= 11 is 0. The van der Waals surface area contributed by atoms with Crippen molar-refractivity contribution in [1.82, 2.24) is 10.2 Å². The van der Waals surface area contributed by atoms with Crippen LogP contribution in [-0.4, -0.2) is 42.8 Å². The SMILES string of the molecule is CN(C)C1(CNC(=O)OC(C)(C)C)CC1. The molecular formula is C11H22N2O2. The van der Waals surface area contributed by atoms with Gasteiger partial charge in [-0.15, -0.1) is 0 Å². The number of likely N-dealkylation sites (N-methyl/N-ethyl adjacent to an activating group) is 1. The summed E-state index contributed by atoms with van der Waals surface area (Å²) in [4.78, 5) is 13.6. The molecule has 15 heavy (non-hydrogen) atoms. The van der Waals surface area contributed by atoms with Gasteiger partial charge in [-0.05, 0) is 47.7 Å². The first-order chi connectivity index (χ1) is 6.75. The molecule has 4 nitrogen and oxygen atoms in total. The van der Waals surface area contributed by atoms with Gasteiger partial charge in [0.1, 0.15) is 5.60 Å². The second-order valence-corrected chi connectivity index (χ2v) is 5.47. The van der Waals surface area contributed by atoms with Crippen molar-refractivity contribution in [3.8, 4) is 0 Å². The van der Waals surface area contributed by atoms with E-state index in [1.165, 1.54) is 0 Å². The Bertz CT molecular complexity index is 239. The highest BCUT2D eigenvalue weighted by Crippen LogP contribution is 2.39. The number of carbonyl (C=O) groups excluding carboxylic acids is 1. The Morgan fingerprint density at radius 2 is 1.93 bits per heavy atom. The predicted molar refractivity (Wildman–Crippen MR) is 59.9 cm³/mol. The number of amides is 1. The van der Waals surface area contributed by atoms with Gasteiger partial charge in [0, 0.05) is 12.1 Å². The summed E-state index contributed by atoms with van der Waals surface area (Å²) in [5.41, 5.74) is -0.240. The molecule has 0 aliphatic heterocycles. The number of hydrogen-bond donors (Lipinski definition) is 1. The van der Waals surface area contributed by atoms with Crippen molar-refractivity contribution >= 4 is 6.09 Å². The van der Waals surface area contributed by atoms with Gasteiger partial charge in [0.25, 0.3) is 0 Å². The lowest BCUT2D eigenvalue weighted by Gasteiger charge is -2.25. The average molecular weight is 214 g/mol. The van der Waals surface area contributed by atoms with Crippen LogP contribution < -0.4 is 5.32 Å². The minimum atomic E-state index is -0.418. The van der Waals surface area contributed by atoms with Crippen molar-refractivity contribution in [1.29, 1.82) is 0 Å². The molecular weight excluding hydrogens is 192 g/mol. The van der Waals surface area contributed by atoms with E-state index in [1.807, 2.05) is 34.9 Å². The monoisotopic (exact) mass is 214 g/mol. The third-order valence-electron chi connectivity index (χ3n) is 2.74. The van der Waals surface area contributed by atoms with Crippen molar-refractivity contribution < 1.29 is 9.53 Å². The summed E-state index contributed by atoms with van der Waals surface area (Å²) < 4.78 is 5.17. The van der Waals surface area contributed by atoms with Crippen molar-refractivity contribution in [2.75, 3.05) is 20.6 Å². The van der Waals surface area contributed by atoms with Crippen LogP contribution in [0, 0.1) is 0 Å². The van der Waals surface area contributed by atoms with Gasteiger partial charge in [-0.1, -0.05) is 0 Å². The smallest absolute Gasteiger partial charge is 0.407 e. The van der Waals surface area contributed by atoms with E-state index in [0.29, 0.717) is 6.54 Å². The third kappa shape index (κ3) is 3.70. The molecule has 0 heterocycles. The van der Waals surface area contributed by atoms with Crippen LogP contribution in [0.1, 0.15) is 33.6 Å². The van der Waals surface area contributed by atoms with Crippen LogP contribution >= 0.6 is 0 Å². The Labute approximate surface area is 92.0 Å². The van der Waals surface area contributed by atoms with E-state index in [2.05, 4.69) is 10.2 Å². The fourth-order valence-corrected chi connectivity index (χ4v) is 1.48. The molecule has 0 unspecified atom stereocenters. The maximum absolute atomic E-state index is 11.4. The summed E-state index contributed by atoms with van der Waals surface area (Å²) in [5.74, 6) is 0. The summed E-state index contributed by atoms with van der Waals surface area (Å²) in [6.07, 6.45) is 1.97. The van der Waals surface area contributed by atoms with Gasteiger partial charge >= 0.3 is 6.09 Å². The standard InChI is InChI=1S/C11H22N2O2/c1-10(2,3)15-9(14)12-8-11(6-7-11)13(4)5/h6-8H2,1-5H3,(H,12,14). The first-order valence-corrected chi connectivity index (χ1v) is 5.39. The quantitative estimate of drug-likeness (QED) is 0.776. The van der Waals surface area contributed by atoms with Gasteiger partial charge in [0.05, 0.1) is 0 Å². The van der Waals surface area contributed by atoms with Crippen LogP contribution in [0.2, 0.25) is 0 Å². The number of ether oxygens (including phenoxy) is 1. The largest absolute Gasteiger partial charge is 0.444 e. The molecule has 0 bridgehead atoms. The second kappa shape index (κ2) is 4.00. The highest BCUT2D eigenvalue weighted by atomic mass is 16.6. The zero-order valence-electron chi connectivity index (χ0n) is 10.4. The third-order valence-corrected chi connectivity index (χ3v) is 2.74. The number of carbonyl (C=O) groups is 1. The predicted octanol–water partition coefficient (Wildman–Crippen LogP) is 1.61. The molecule has 1 rings (SSSR count). The Kier molecular flexibility index (Phi) is 3.28. The van der Waals surface area contributed by atoms with Crippen LogP contribution in [0.15, 0.2) is 0 Å². The lowest BCUT2D eigenvalue weighted by Crippen LogP contribution is -2.43. The summed E-state index contributed by atoms with van der Waals surface area (Å²) in [6, 6.07) is 0. The number of rotatable bonds is 3. The average Bonchev–Trinajstić information content (AvgIpc) is 2.77. The van der Waals surface area contributed by atoms with Gasteiger partial charge in [-0.25, -0.2) is 4.79 Å². The fraction of sp³-hybridized carbons (Fsp3) is 0.909. The van der Waals surface area contributed by atoms with Gasteiger partial charge in [0.2, 0.25) is 0 Å². The van der Waals surface area contributed by atoms with Crippen molar-refractivity contribution in [2.24, 2.45) is 0 Å². The summed E-state index contributed by atoms with van der Waals surface area (Å²) in [5, 5.41) is 2.82. The molecule has 0 radical (unpaired) electrons. The lowest BCUT2D eigenvalue weighted by atomic mass is 10.2. The first kappa shape index (κ1) is 12.3. The zero-order valence-corrected chi connectivity index (χ0v) is 10.4. The summed E-state index contributed by atoms with van der Waals surface area (Å²) in [6.45, 7) is 6.27. The zero-order chi connectivity index (χ0) is 11.7. The Hall–Kier alpha value is -0.770. The van der Waals surface area contributed by atoms with E-state index >= 15 is 0 Å². The molecule has 0 aromatic rings. The molecule has 0 spiro atoms. The Morgan fingerprint density at radius 1 is 1.40 bits per heavy atom. The Morgan fingerprint density at radius 3 is 2.27 bits per heavy atom. The minimum absolute atomic E-state index is 0.177. The topological polar surface area (TPSA) is 41.6 Å². The van der Waals surface area contributed by atoms with E-state index in [9.17, 15) is 4.79 Å². The van der Waals surface area contributed by atoms with E-state index in [0.717, 1.165) is 12.8 Å². The van der Waals surface area contributed by atoms with Crippen molar-refractivity contribution in [3.63, 3.8) is 0 Å².